The van der Waals surface area contributed by atoms with E-state index in [1.54, 1.807) is 19.2 Å². The van der Waals surface area contributed by atoms with E-state index < -0.39 is 0 Å². The van der Waals surface area contributed by atoms with Crippen molar-refractivity contribution in [3.63, 3.8) is 0 Å². The molecule has 1 unspecified atom stereocenters. The van der Waals surface area contributed by atoms with E-state index in [2.05, 4.69) is 70.7 Å². The third kappa shape index (κ3) is 4.65. The van der Waals surface area contributed by atoms with Crippen LogP contribution in [0.3, 0.4) is 0 Å². The second-order valence-electron chi connectivity index (χ2n) is 10.3. The van der Waals surface area contributed by atoms with E-state index in [1.165, 1.54) is 16.7 Å². The molecule has 196 valence electrons. The third-order valence-electron chi connectivity index (χ3n) is 7.66. The van der Waals surface area contributed by atoms with Gasteiger partial charge in [0.2, 0.25) is 5.52 Å². The predicted octanol–water partition coefficient (Wildman–Crippen LogP) is 5.49. The molecule has 0 amide bonds. The fourth-order valence-electron chi connectivity index (χ4n) is 5.62. The van der Waals surface area contributed by atoms with Crippen LogP contribution >= 0.6 is 0 Å². The lowest BCUT2D eigenvalue weighted by Gasteiger charge is -2.48. The lowest BCUT2D eigenvalue weighted by Crippen LogP contribution is -2.58. The summed E-state index contributed by atoms with van der Waals surface area (Å²) in [7, 11) is 1.62. The maximum atomic E-state index is 13.8. The topological polar surface area (TPSA) is 69.5 Å². The van der Waals surface area contributed by atoms with Crippen LogP contribution in [0.15, 0.2) is 65.5 Å². The SMILES string of the molecule is [C-]#[N+]c1ccc2c(n1)c(N1C[C@@H](C)N(C(c3ccc(C)cc3)c3ccc(F)cc3)C[C@@H]1C)c(C#N)c(=O)n2C. The first-order valence-corrected chi connectivity index (χ1v) is 12.9. The highest BCUT2D eigenvalue weighted by atomic mass is 19.1. The number of pyridine rings is 2. The van der Waals surface area contributed by atoms with Crippen LogP contribution < -0.4 is 10.5 Å². The molecule has 1 fully saturated rings. The van der Waals surface area contributed by atoms with Crippen LogP contribution in [-0.2, 0) is 7.05 Å². The molecule has 0 spiro atoms. The van der Waals surface area contributed by atoms with Crippen molar-refractivity contribution in [2.45, 2.75) is 38.9 Å². The third-order valence-corrected chi connectivity index (χ3v) is 7.66. The molecule has 0 saturated carbocycles. The van der Waals surface area contributed by atoms with Gasteiger partial charge in [-0.05, 0) is 56.2 Å². The minimum Gasteiger partial charge on any atom is -0.361 e. The zero-order chi connectivity index (χ0) is 27.8. The molecule has 2 aromatic heterocycles. The molecular formula is C31H29FN6O. The summed E-state index contributed by atoms with van der Waals surface area (Å²) in [6, 6.07) is 20.3. The van der Waals surface area contributed by atoms with Crippen molar-refractivity contribution in [3.05, 3.63) is 111 Å². The normalized spacial score (nSPS) is 18.5. The molecule has 1 saturated heterocycles. The summed E-state index contributed by atoms with van der Waals surface area (Å²) in [6.07, 6.45) is 0. The second-order valence-corrected chi connectivity index (χ2v) is 10.3. The first kappa shape index (κ1) is 26.1. The standard InChI is InChI=1S/C31H29FN6O/c1-19-6-8-22(9-7-19)29(23-10-12-24(32)13-11-23)37-17-21(3)38(18-20(37)2)30-25(16-33)31(39)36(5)26-14-15-27(34-4)35-28(26)30/h6-15,20-21,29H,17-18H2,1-3,5H3/t20-,21+,29?/m1/s1. The minimum absolute atomic E-state index is 0.00672. The Hall–Kier alpha value is -4.53. The van der Waals surface area contributed by atoms with Crippen molar-refractivity contribution in [1.29, 1.82) is 5.26 Å². The smallest absolute Gasteiger partial charge is 0.271 e. The maximum absolute atomic E-state index is 13.8. The summed E-state index contributed by atoms with van der Waals surface area (Å²) >= 11 is 0. The van der Waals surface area contributed by atoms with Crippen molar-refractivity contribution in [2.75, 3.05) is 18.0 Å². The number of hydrogen-bond donors (Lipinski definition) is 0. The Labute approximate surface area is 227 Å². The number of anilines is 1. The molecule has 39 heavy (non-hydrogen) atoms. The Morgan fingerprint density at radius 1 is 1.03 bits per heavy atom. The second kappa shape index (κ2) is 10.3. The number of halogens is 1. The molecule has 2 aromatic carbocycles. The van der Waals surface area contributed by atoms with Gasteiger partial charge < -0.3 is 14.3 Å². The number of aromatic nitrogens is 2. The summed E-state index contributed by atoms with van der Waals surface area (Å²) in [6.45, 7) is 14.8. The van der Waals surface area contributed by atoms with E-state index in [9.17, 15) is 14.4 Å². The van der Waals surface area contributed by atoms with Gasteiger partial charge in [-0.25, -0.2) is 4.39 Å². The number of fused-ring (bicyclic) bond motifs is 1. The molecule has 1 aliphatic rings. The van der Waals surface area contributed by atoms with Crippen LogP contribution in [-0.4, -0.2) is 39.6 Å². The first-order valence-electron chi connectivity index (χ1n) is 12.9. The zero-order valence-electron chi connectivity index (χ0n) is 22.4. The molecule has 0 aliphatic carbocycles. The van der Waals surface area contributed by atoms with Crippen molar-refractivity contribution in [2.24, 2.45) is 7.05 Å². The van der Waals surface area contributed by atoms with Crippen LogP contribution in [0.4, 0.5) is 15.9 Å². The highest BCUT2D eigenvalue weighted by molar-refractivity contribution is 5.93. The van der Waals surface area contributed by atoms with Crippen LogP contribution in [0, 0.1) is 30.6 Å². The van der Waals surface area contributed by atoms with E-state index in [0.29, 0.717) is 29.8 Å². The minimum atomic E-state index is -0.386. The van der Waals surface area contributed by atoms with Gasteiger partial charge in [0.25, 0.3) is 11.4 Å². The fourth-order valence-corrected chi connectivity index (χ4v) is 5.62. The Balaban J connectivity index is 1.61. The Morgan fingerprint density at radius 3 is 2.28 bits per heavy atom. The van der Waals surface area contributed by atoms with Crippen LogP contribution in [0.5, 0.6) is 0 Å². The molecule has 0 radical (unpaired) electrons. The lowest BCUT2D eigenvalue weighted by molar-refractivity contribution is 0.130. The van der Waals surface area contributed by atoms with E-state index in [4.69, 9.17) is 6.57 Å². The van der Waals surface area contributed by atoms with Crippen molar-refractivity contribution >= 4 is 22.5 Å². The lowest BCUT2D eigenvalue weighted by atomic mass is 9.92. The molecule has 3 heterocycles. The summed E-state index contributed by atoms with van der Waals surface area (Å²) in [5, 5.41) is 10.1. The van der Waals surface area contributed by atoms with Gasteiger partial charge in [0, 0.05) is 32.2 Å². The number of hydrogen-bond acceptors (Lipinski definition) is 5. The van der Waals surface area contributed by atoms with Gasteiger partial charge in [0.05, 0.1) is 11.6 Å². The molecule has 7 nitrogen and oxygen atoms in total. The Bertz CT molecular complexity index is 1640. The quantitative estimate of drug-likeness (QED) is 0.333. The molecule has 5 rings (SSSR count). The highest BCUT2D eigenvalue weighted by Gasteiger charge is 2.37. The van der Waals surface area contributed by atoms with Crippen LogP contribution in [0.1, 0.15) is 42.1 Å². The van der Waals surface area contributed by atoms with Gasteiger partial charge in [0.15, 0.2) is 0 Å². The van der Waals surface area contributed by atoms with Crippen molar-refractivity contribution in [1.82, 2.24) is 14.5 Å². The van der Waals surface area contributed by atoms with E-state index in [-0.39, 0.29) is 40.9 Å². The average Bonchev–Trinajstić information content (AvgIpc) is 2.94. The first-order chi connectivity index (χ1) is 18.7. The summed E-state index contributed by atoms with van der Waals surface area (Å²) in [5.74, 6) is -0.0677. The van der Waals surface area contributed by atoms with Gasteiger partial charge in [-0.1, -0.05) is 48.5 Å². The fraction of sp³-hybridized carbons (Fsp3) is 0.290. The van der Waals surface area contributed by atoms with E-state index in [0.717, 1.165) is 16.7 Å². The van der Waals surface area contributed by atoms with Crippen LogP contribution in [0.2, 0.25) is 0 Å². The molecule has 1 aliphatic heterocycles. The largest absolute Gasteiger partial charge is 0.361 e. The molecular weight excluding hydrogens is 491 g/mol. The Morgan fingerprint density at radius 2 is 1.67 bits per heavy atom. The van der Waals surface area contributed by atoms with Gasteiger partial charge >= 0.3 is 0 Å². The Kier molecular flexibility index (Phi) is 6.91. The number of aryl methyl sites for hydroxylation is 2. The highest BCUT2D eigenvalue weighted by Crippen LogP contribution is 2.37. The number of nitrogens with zero attached hydrogens (tertiary/aromatic N) is 6. The van der Waals surface area contributed by atoms with Gasteiger partial charge in [-0.2, -0.15) is 5.26 Å². The zero-order valence-corrected chi connectivity index (χ0v) is 22.4. The summed E-state index contributed by atoms with van der Waals surface area (Å²) in [5.41, 5.74) is 4.44. The molecule has 8 heteroatoms. The molecule has 0 N–H and O–H groups in total. The molecule has 4 aromatic rings. The summed E-state index contributed by atoms with van der Waals surface area (Å²) in [4.78, 5) is 25.7. The monoisotopic (exact) mass is 520 g/mol. The number of benzene rings is 2. The van der Waals surface area contributed by atoms with Crippen LogP contribution in [0.25, 0.3) is 15.9 Å². The number of rotatable bonds is 4. The van der Waals surface area contributed by atoms with Gasteiger partial charge in [-0.3, -0.25) is 9.69 Å². The number of nitriles is 1. The summed E-state index contributed by atoms with van der Waals surface area (Å²) < 4.78 is 15.3. The van der Waals surface area contributed by atoms with E-state index >= 15 is 0 Å². The molecule has 0 bridgehead atoms. The average molecular weight is 521 g/mol. The van der Waals surface area contributed by atoms with Gasteiger partial charge in [-0.15, -0.1) is 4.98 Å². The van der Waals surface area contributed by atoms with Crippen molar-refractivity contribution in [3.8, 4) is 6.07 Å². The van der Waals surface area contributed by atoms with Crippen molar-refractivity contribution < 1.29 is 4.39 Å². The number of piperazine rings is 1. The van der Waals surface area contributed by atoms with E-state index in [1.807, 2.05) is 12.1 Å². The molecule has 3 atom stereocenters. The van der Waals surface area contributed by atoms with Gasteiger partial charge in [0.1, 0.15) is 23.1 Å². The predicted molar refractivity (Wildman–Crippen MR) is 150 cm³/mol. The maximum Gasteiger partial charge on any atom is 0.271 e.